The summed E-state index contributed by atoms with van der Waals surface area (Å²) in [5.74, 6) is -0.158. The molecule has 1 N–H and O–H groups in total. The molecule has 0 saturated carbocycles. The Kier molecular flexibility index (Phi) is 7.51. The molecule has 0 aliphatic carbocycles. The molecule has 3 aromatic carbocycles. The number of Topliss-reactive ketones (excluding diaryl/α,β-unsaturated/α-hetero) is 1. The Labute approximate surface area is 205 Å². The van der Waals surface area contributed by atoms with Gasteiger partial charge in [0.05, 0.1) is 25.3 Å². The highest BCUT2D eigenvalue weighted by Crippen LogP contribution is 2.39. The predicted molar refractivity (Wildman–Crippen MR) is 134 cm³/mol. The number of hydrogen-bond acceptors (Lipinski definition) is 5. The summed E-state index contributed by atoms with van der Waals surface area (Å²) in [6.07, 6.45) is 1.41. The zero-order chi connectivity index (χ0) is 24.8. The van der Waals surface area contributed by atoms with Crippen LogP contribution in [0.5, 0.6) is 11.5 Å². The van der Waals surface area contributed by atoms with Gasteiger partial charge in [0.25, 0.3) is 11.7 Å². The number of ether oxygens (including phenoxy) is 2. The van der Waals surface area contributed by atoms with Gasteiger partial charge in [-0.1, -0.05) is 61.5 Å². The minimum atomic E-state index is -0.689. The molecular weight excluding hydrogens is 442 g/mol. The van der Waals surface area contributed by atoms with Crippen molar-refractivity contribution >= 4 is 17.4 Å². The average molecular weight is 472 g/mol. The van der Waals surface area contributed by atoms with Gasteiger partial charge in [0.2, 0.25) is 0 Å². The molecule has 0 aromatic heterocycles. The molecule has 1 amide bonds. The van der Waals surface area contributed by atoms with Crippen molar-refractivity contribution in [3.05, 3.63) is 101 Å². The molecule has 4 rings (SSSR count). The number of carbonyl (C=O) groups is 2. The number of rotatable bonds is 9. The highest BCUT2D eigenvalue weighted by atomic mass is 16.5. The summed E-state index contributed by atoms with van der Waals surface area (Å²) in [7, 11) is 1.61. The van der Waals surface area contributed by atoms with Gasteiger partial charge in [-0.2, -0.15) is 0 Å². The van der Waals surface area contributed by atoms with E-state index in [1.54, 1.807) is 36.3 Å². The monoisotopic (exact) mass is 471 g/mol. The van der Waals surface area contributed by atoms with Crippen LogP contribution in [0.15, 0.2) is 84.4 Å². The first kappa shape index (κ1) is 24.1. The summed E-state index contributed by atoms with van der Waals surface area (Å²) in [4.78, 5) is 27.9. The number of nitrogens with zero attached hydrogens (tertiary/aromatic N) is 1. The summed E-state index contributed by atoms with van der Waals surface area (Å²) >= 11 is 0. The number of hydrogen-bond donors (Lipinski definition) is 1. The molecule has 3 aromatic rings. The molecule has 1 aliphatic rings. The van der Waals surface area contributed by atoms with E-state index in [-0.39, 0.29) is 11.3 Å². The summed E-state index contributed by atoms with van der Waals surface area (Å²) in [6.45, 7) is 2.88. The van der Waals surface area contributed by atoms with Crippen molar-refractivity contribution in [2.24, 2.45) is 0 Å². The number of ketones is 1. The highest BCUT2D eigenvalue weighted by molar-refractivity contribution is 6.46. The number of methoxy groups -OCH3 is 1. The van der Waals surface area contributed by atoms with E-state index >= 15 is 0 Å². The second-order valence-corrected chi connectivity index (χ2v) is 8.38. The Morgan fingerprint density at radius 1 is 0.943 bits per heavy atom. The van der Waals surface area contributed by atoms with Crippen LogP contribution in [-0.2, 0) is 16.0 Å². The maximum absolute atomic E-state index is 13.2. The lowest BCUT2D eigenvalue weighted by Crippen LogP contribution is -2.31. The van der Waals surface area contributed by atoms with Crippen LogP contribution < -0.4 is 9.47 Å². The number of aliphatic hydroxyl groups excluding tert-OH is 1. The molecule has 1 unspecified atom stereocenters. The Hall–Kier alpha value is -4.06. The zero-order valence-electron chi connectivity index (χ0n) is 19.9. The molecular formula is C29H29NO5. The van der Waals surface area contributed by atoms with Crippen molar-refractivity contribution in [1.82, 2.24) is 4.90 Å². The molecule has 1 atom stereocenters. The zero-order valence-corrected chi connectivity index (χ0v) is 19.9. The second kappa shape index (κ2) is 10.9. The third-order valence-corrected chi connectivity index (χ3v) is 6.04. The van der Waals surface area contributed by atoms with Gasteiger partial charge in [-0.25, -0.2) is 0 Å². The van der Waals surface area contributed by atoms with E-state index in [0.717, 1.165) is 23.3 Å². The van der Waals surface area contributed by atoms with Crippen LogP contribution in [0.1, 0.15) is 36.1 Å². The maximum Gasteiger partial charge on any atom is 0.295 e. The van der Waals surface area contributed by atoms with Gasteiger partial charge in [0.15, 0.2) is 0 Å². The Bertz CT molecular complexity index is 1220. The van der Waals surface area contributed by atoms with Crippen LogP contribution in [0.2, 0.25) is 0 Å². The number of benzene rings is 3. The van der Waals surface area contributed by atoms with E-state index < -0.39 is 17.7 Å². The van der Waals surface area contributed by atoms with E-state index in [9.17, 15) is 14.7 Å². The summed E-state index contributed by atoms with van der Waals surface area (Å²) in [6, 6.07) is 23.2. The van der Waals surface area contributed by atoms with Gasteiger partial charge in [-0.15, -0.1) is 0 Å². The van der Waals surface area contributed by atoms with Crippen molar-refractivity contribution in [2.45, 2.75) is 25.8 Å². The van der Waals surface area contributed by atoms with Crippen LogP contribution >= 0.6 is 0 Å². The van der Waals surface area contributed by atoms with Crippen molar-refractivity contribution in [2.75, 3.05) is 20.3 Å². The van der Waals surface area contributed by atoms with Gasteiger partial charge < -0.3 is 19.5 Å². The number of carbonyl (C=O) groups excluding carboxylic acids is 2. The quantitative estimate of drug-likeness (QED) is 0.265. The first-order valence-corrected chi connectivity index (χ1v) is 11.7. The SMILES string of the molecule is CCCOc1cccc(/C(O)=C2/C(=O)C(=O)N(CCc3ccc(OC)cc3)C2c2ccccc2)c1. The highest BCUT2D eigenvalue weighted by Gasteiger charge is 2.45. The molecule has 1 aliphatic heterocycles. The lowest BCUT2D eigenvalue weighted by atomic mass is 9.95. The smallest absolute Gasteiger partial charge is 0.295 e. The van der Waals surface area contributed by atoms with Crippen molar-refractivity contribution in [3.63, 3.8) is 0 Å². The van der Waals surface area contributed by atoms with E-state index in [4.69, 9.17) is 9.47 Å². The Balaban J connectivity index is 1.70. The molecule has 1 heterocycles. The van der Waals surface area contributed by atoms with Crippen LogP contribution in [0.25, 0.3) is 5.76 Å². The lowest BCUT2D eigenvalue weighted by Gasteiger charge is -2.25. The fraction of sp³-hybridized carbons (Fsp3) is 0.241. The first-order chi connectivity index (χ1) is 17.0. The molecule has 1 saturated heterocycles. The minimum Gasteiger partial charge on any atom is -0.507 e. The Morgan fingerprint density at radius 2 is 1.69 bits per heavy atom. The molecule has 0 radical (unpaired) electrons. The normalized spacial score (nSPS) is 17.0. The number of aliphatic hydroxyl groups is 1. The van der Waals surface area contributed by atoms with Gasteiger partial charge in [0, 0.05) is 12.1 Å². The molecule has 1 fully saturated rings. The van der Waals surface area contributed by atoms with E-state index in [1.807, 2.05) is 61.5 Å². The fourth-order valence-corrected chi connectivity index (χ4v) is 4.24. The van der Waals surface area contributed by atoms with Gasteiger partial charge >= 0.3 is 0 Å². The third-order valence-electron chi connectivity index (χ3n) is 6.04. The standard InChI is InChI=1S/C29H29NO5/c1-3-18-35-24-11-7-10-22(19-24)27(31)25-26(21-8-5-4-6-9-21)30(29(33)28(25)32)17-16-20-12-14-23(34-2)15-13-20/h4-15,19,26,31H,3,16-18H2,1-2H3/b27-25-. The summed E-state index contributed by atoms with van der Waals surface area (Å²) < 4.78 is 10.9. The van der Waals surface area contributed by atoms with Crippen LogP contribution in [-0.4, -0.2) is 42.0 Å². The van der Waals surface area contributed by atoms with Crippen LogP contribution in [0.3, 0.4) is 0 Å². The topological polar surface area (TPSA) is 76.1 Å². The van der Waals surface area contributed by atoms with Crippen LogP contribution in [0.4, 0.5) is 0 Å². The molecule has 35 heavy (non-hydrogen) atoms. The number of amides is 1. The lowest BCUT2D eigenvalue weighted by molar-refractivity contribution is -0.139. The van der Waals surface area contributed by atoms with E-state index in [2.05, 4.69) is 0 Å². The van der Waals surface area contributed by atoms with Crippen molar-refractivity contribution < 1.29 is 24.2 Å². The molecule has 6 heteroatoms. The predicted octanol–water partition coefficient (Wildman–Crippen LogP) is 5.15. The van der Waals surface area contributed by atoms with Crippen molar-refractivity contribution in [3.8, 4) is 11.5 Å². The largest absolute Gasteiger partial charge is 0.507 e. The molecule has 180 valence electrons. The molecule has 6 nitrogen and oxygen atoms in total. The summed E-state index contributed by atoms with van der Waals surface area (Å²) in [5, 5.41) is 11.3. The molecule has 0 bridgehead atoms. The third kappa shape index (κ3) is 5.22. The number of likely N-dealkylation sites (tertiary alicyclic amines) is 1. The van der Waals surface area contributed by atoms with Gasteiger partial charge in [-0.05, 0) is 48.2 Å². The Morgan fingerprint density at radius 3 is 2.37 bits per heavy atom. The van der Waals surface area contributed by atoms with E-state index in [1.165, 1.54) is 0 Å². The van der Waals surface area contributed by atoms with Crippen molar-refractivity contribution in [1.29, 1.82) is 0 Å². The fourth-order valence-electron chi connectivity index (χ4n) is 4.24. The van der Waals surface area contributed by atoms with E-state index in [0.29, 0.717) is 30.9 Å². The molecule has 0 spiro atoms. The average Bonchev–Trinajstić information content (AvgIpc) is 3.16. The van der Waals surface area contributed by atoms with Crippen LogP contribution in [0, 0.1) is 0 Å². The maximum atomic E-state index is 13.2. The second-order valence-electron chi connectivity index (χ2n) is 8.38. The first-order valence-electron chi connectivity index (χ1n) is 11.7. The summed E-state index contributed by atoms with van der Waals surface area (Å²) in [5.41, 5.74) is 2.30. The van der Waals surface area contributed by atoms with Gasteiger partial charge in [-0.3, -0.25) is 9.59 Å². The van der Waals surface area contributed by atoms with Gasteiger partial charge in [0.1, 0.15) is 17.3 Å². The minimum absolute atomic E-state index is 0.0866.